The third-order valence-corrected chi connectivity index (χ3v) is 4.15. The van der Waals surface area contributed by atoms with Crippen LogP contribution in [0.3, 0.4) is 0 Å². The van der Waals surface area contributed by atoms with Gasteiger partial charge in [-0.3, -0.25) is 9.59 Å². The fraction of sp³-hybridized carbons (Fsp3) is 0.222. The maximum atomic E-state index is 12.0. The molecule has 0 aliphatic carbocycles. The molecule has 23 heavy (non-hydrogen) atoms. The van der Waals surface area contributed by atoms with Gasteiger partial charge in [0.05, 0.1) is 0 Å². The average Bonchev–Trinajstić information content (AvgIpc) is 2.50. The Bertz CT molecular complexity index is 724. The SMILES string of the molecule is Cc1cc(I)ccc1NC(=O)C(=O)Nc1ccc(C(C)C)cc1. The number of rotatable bonds is 3. The van der Waals surface area contributed by atoms with Gasteiger partial charge in [0.15, 0.2) is 0 Å². The quantitative estimate of drug-likeness (QED) is 0.573. The first-order chi connectivity index (χ1) is 10.9. The van der Waals surface area contributed by atoms with Gasteiger partial charge in [0.25, 0.3) is 0 Å². The van der Waals surface area contributed by atoms with Crippen molar-refractivity contribution < 1.29 is 9.59 Å². The molecule has 0 heterocycles. The molecule has 0 saturated carbocycles. The van der Waals surface area contributed by atoms with E-state index in [1.54, 1.807) is 18.2 Å². The lowest BCUT2D eigenvalue weighted by Crippen LogP contribution is -2.29. The molecule has 2 aromatic carbocycles. The molecule has 2 N–H and O–H groups in total. The van der Waals surface area contributed by atoms with E-state index in [2.05, 4.69) is 47.1 Å². The Balaban J connectivity index is 2.01. The fourth-order valence-electron chi connectivity index (χ4n) is 2.09. The van der Waals surface area contributed by atoms with Crippen molar-refractivity contribution in [3.63, 3.8) is 0 Å². The van der Waals surface area contributed by atoms with E-state index in [-0.39, 0.29) is 0 Å². The average molecular weight is 422 g/mol. The van der Waals surface area contributed by atoms with Gasteiger partial charge in [0.2, 0.25) is 0 Å². The molecule has 4 nitrogen and oxygen atoms in total. The first-order valence-corrected chi connectivity index (χ1v) is 8.43. The van der Waals surface area contributed by atoms with Gasteiger partial charge in [-0.25, -0.2) is 0 Å². The van der Waals surface area contributed by atoms with Gasteiger partial charge in [-0.15, -0.1) is 0 Å². The number of anilines is 2. The van der Waals surface area contributed by atoms with Crippen LogP contribution < -0.4 is 10.6 Å². The van der Waals surface area contributed by atoms with Crippen LogP contribution in [-0.2, 0) is 9.59 Å². The summed E-state index contributed by atoms with van der Waals surface area (Å²) in [5.74, 6) is -0.936. The van der Waals surface area contributed by atoms with E-state index >= 15 is 0 Å². The first-order valence-electron chi connectivity index (χ1n) is 7.35. The Morgan fingerprint density at radius 3 is 2.13 bits per heavy atom. The molecule has 2 amide bonds. The highest BCUT2D eigenvalue weighted by Crippen LogP contribution is 2.19. The molecule has 2 rings (SSSR count). The summed E-state index contributed by atoms with van der Waals surface area (Å²) in [4.78, 5) is 24.0. The van der Waals surface area contributed by atoms with Gasteiger partial charge in [-0.05, 0) is 76.9 Å². The summed E-state index contributed by atoms with van der Waals surface area (Å²) in [5, 5.41) is 5.24. The Kier molecular flexibility index (Phi) is 5.76. The Hall–Kier alpha value is -1.89. The van der Waals surface area contributed by atoms with Crippen molar-refractivity contribution in [2.75, 3.05) is 10.6 Å². The van der Waals surface area contributed by atoms with E-state index in [0.29, 0.717) is 17.3 Å². The van der Waals surface area contributed by atoms with Gasteiger partial charge in [-0.1, -0.05) is 26.0 Å². The molecular weight excluding hydrogens is 403 g/mol. The maximum absolute atomic E-state index is 12.0. The van der Waals surface area contributed by atoms with Crippen LogP contribution >= 0.6 is 22.6 Å². The zero-order chi connectivity index (χ0) is 17.0. The van der Waals surface area contributed by atoms with Crippen molar-refractivity contribution >= 4 is 45.8 Å². The number of carbonyl (C=O) groups excluding carboxylic acids is 2. The minimum atomic E-state index is -0.680. The smallest absolute Gasteiger partial charge is 0.314 e. The molecule has 2 aromatic rings. The van der Waals surface area contributed by atoms with E-state index in [4.69, 9.17) is 0 Å². The predicted octanol–water partition coefficient (Wildman–Crippen LogP) is 4.30. The number of carbonyl (C=O) groups is 2. The lowest BCUT2D eigenvalue weighted by Gasteiger charge is -2.10. The fourth-order valence-corrected chi connectivity index (χ4v) is 2.73. The summed E-state index contributed by atoms with van der Waals surface area (Å²) in [6.45, 7) is 6.09. The minimum absolute atomic E-state index is 0.423. The molecule has 0 spiro atoms. The molecule has 0 aliphatic heterocycles. The normalized spacial score (nSPS) is 10.5. The number of aryl methyl sites for hydroxylation is 1. The number of hydrogen-bond acceptors (Lipinski definition) is 2. The van der Waals surface area contributed by atoms with Crippen molar-refractivity contribution in [3.8, 4) is 0 Å². The van der Waals surface area contributed by atoms with Crippen LogP contribution in [0.5, 0.6) is 0 Å². The van der Waals surface area contributed by atoms with Gasteiger partial charge in [0.1, 0.15) is 0 Å². The summed E-state index contributed by atoms with van der Waals surface area (Å²) in [7, 11) is 0. The number of hydrogen-bond donors (Lipinski definition) is 2. The monoisotopic (exact) mass is 422 g/mol. The third kappa shape index (κ3) is 4.79. The summed E-state index contributed by atoms with van der Waals surface area (Å²) < 4.78 is 1.08. The number of amides is 2. The number of benzene rings is 2. The molecular formula is C18H19IN2O2. The maximum Gasteiger partial charge on any atom is 0.314 e. The zero-order valence-electron chi connectivity index (χ0n) is 13.3. The molecule has 0 unspecified atom stereocenters. The predicted molar refractivity (Wildman–Crippen MR) is 102 cm³/mol. The van der Waals surface area contributed by atoms with Crippen LogP contribution in [-0.4, -0.2) is 11.8 Å². The van der Waals surface area contributed by atoms with Crippen LogP contribution in [0.25, 0.3) is 0 Å². The van der Waals surface area contributed by atoms with Crippen LogP contribution in [0.15, 0.2) is 42.5 Å². The van der Waals surface area contributed by atoms with Crippen molar-refractivity contribution in [2.45, 2.75) is 26.7 Å². The third-order valence-electron chi connectivity index (χ3n) is 3.48. The van der Waals surface area contributed by atoms with E-state index in [9.17, 15) is 9.59 Å². The van der Waals surface area contributed by atoms with E-state index in [1.165, 1.54) is 5.56 Å². The lowest BCUT2D eigenvalue weighted by molar-refractivity contribution is -0.133. The topological polar surface area (TPSA) is 58.2 Å². The van der Waals surface area contributed by atoms with Crippen molar-refractivity contribution in [1.82, 2.24) is 0 Å². The summed E-state index contributed by atoms with van der Waals surface area (Å²) in [6.07, 6.45) is 0. The largest absolute Gasteiger partial charge is 0.318 e. The molecule has 120 valence electrons. The Morgan fingerprint density at radius 2 is 1.57 bits per heavy atom. The summed E-state index contributed by atoms with van der Waals surface area (Å²) >= 11 is 2.20. The second kappa shape index (κ2) is 7.59. The Labute approximate surface area is 149 Å². The molecule has 0 aliphatic rings. The molecule has 0 fully saturated rings. The van der Waals surface area contributed by atoms with Crippen LogP contribution in [0, 0.1) is 10.5 Å². The molecule has 0 atom stereocenters. The van der Waals surface area contributed by atoms with Crippen LogP contribution in [0.4, 0.5) is 11.4 Å². The Morgan fingerprint density at radius 1 is 0.957 bits per heavy atom. The molecule has 0 aromatic heterocycles. The van der Waals surface area contributed by atoms with Gasteiger partial charge in [-0.2, -0.15) is 0 Å². The van der Waals surface area contributed by atoms with Crippen molar-refractivity contribution in [3.05, 3.63) is 57.2 Å². The molecule has 0 saturated heterocycles. The number of halogens is 1. The first kappa shape index (κ1) is 17.5. The van der Waals surface area contributed by atoms with Crippen LogP contribution in [0.2, 0.25) is 0 Å². The minimum Gasteiger partial charge on any atom is -0.318 e. The second-order valence-electron chi connectivity index (χ2n) is 5.64. The summed E-state index contributed by atoms with van der Waals surface area (Å²) in [5.41, 5.74) is 3.34. The van der Waals surface area contributed by atoms with Crippen molar-refractivity contribution in [2.24, 2.45) is 0 Å². The number of nitrogens with one attached hydrogen (secondary N) is 2. The summed E-state index contributed by atoms with van der Waals surface area (Å²) in [6, 6.07) is 13.1. The van der Waals surface area contributed by atoms with Gasteiger partial charge >= 0.3 is 11.8 Å². The van der Waals surface area contributed by atoms with Crippen LogP contribution in [0.1, 0.15) is 30.9 Å². The van der Waals surface area contributed by atoms with Crippen molar-refractivity contribution in [1.29, 1.82) is 0 Å². The highest BCUT2D eigenvalue weighted by molar-refractivity contribution is 14.1. The van der Waals surface area contributed by atoms with E-state index in [0.717, 1.165) is 9.13 Å². The highest BCUT2D eigenvalue weighted by atomic mass is 127. The lowest BCUT2D eigenvalue weighted by atomic mass is 10.0. The van der Waals surface area contributed by atoms with Gasteiger partial charge in [0, 0.05) is 14.9 Å². The molecule has 0 radical (unpaired) electrons. The molecule has 5 heteroatoms. The van der Waals surface area contributed by atoms with Gasteiger partial charge < -0.3 is 10.6 Å². The second-order valence-corrected chi connectivity index (χ2v) is 6.89. The van der Waals surface area contributed by atoms with E-state index in [1.807, 2.05) is 31.2 Å². The highest BCUT2D eigenvalue weighted by Gasteiger charge is 2.15. The van der Waals surface area contributed by atoms with E-state index < -0.39 is 11.8 Å². The zero-order valence-corrected chi connectivity index (χ0v) is 15.5. The molecule has 0 bridgehead atoms. The standard InChI is InChI=1S/C18H19IN2O2/c1-11(2)13-4-7-15(8-5-13)20-17(22)18(23)21-16-9-6-14(19)10-12(16)3/h4-11H,1-3H3,(H,20,22)(H,21,23).